The summed E-state index contributed by atoms with van der Waals surface area (Å²) in [5.41, 5.74) is 5.54. The van der Waals surface area contributed by atoms with Crippen LogP contribution in [0.4, 0.5) is 0 Å². The number of amides is 1. The van der Waals surface area contributed by atoms with Gasteiger partial charge in [0.1, 0.15) is 6.10 Å². The normalized spacial score (nSPS) is 31.6. The largest absolute Gasteiger partial charge is 0.364 e. The molecule has 0 aromatic heterocycles. The van der Waals surface area contributed by atoms with Gasteiger partial charge in [-0.2, -0.15) is 0 Å². The number of rotatable bonds is 4. The highest BCUT2D eigenvalue weighted by Crippen LogP contribution is 2.28. The molecule has 0 aromatic rings. The van der Waals surface area contributed by atoms with E-state index in [1.807, 2.05) is 0 Å². The maximum absolute atomic E-state index is 12.0. The van der Waals surface area contributed by atoms with Crippen LogP contribution in [0.25, 0.3) is 0 Å². The first-order valence-corrected chi connectivity index (χ1v) is 6.86. The first kappa shape index (κ1) is 12.8. The van der Waals surface area contributed by atoms with Crippen molar-refractivity contribution in [3.8, 4) is 0 Å². The number of carbonyl (C=O) groups excluding carboxylic acids is 1. The molecule has 2 unspecified atom stereocenters. The van der Waals surface area contributed by atoms with Gasteiger partial charge in [0, 0.05) is 12.6 Å². The van der Waals surface area contributed by atoms with Gasteiger partial charge in [0.15, 0.2) is 0 Å². The van der Waals surface area contributed by atoms with Crippen molar-refractivity contribution in [1.29, 1.82) is 0 Å². The van der Waals surface area contributed by atoms with Crippen molar-refractivity contribution in [3.05, 3.63) is 0 Å². The molecule has 4 nitrogen and oxygen atoms in total. The molecule has 0 bridgehead atoms. The van der Waals surface area contributed by atoms with Gasteiger partial charge >= 0.3 is 0 Å². The molecule has 0 aromatic carbocycles. The molecule has 3 N–H and O–H groups in total. The van der Waals surface area contributed by atoms with Crippen molar-refractivity contribution >= 4 is 5.91 Å². The van der Waals surface area contributed by atoms with Gasteiger partial charge in [0.05, 0.1) is 6.10 Å². The molecular weight excluding hydrogens is 216 g/mol. The summed E-state index contributed by atoms with van der Waals surface area (Å²) in [6, 6.07) is 0.283. The second kappa shape index (κ2) is 5.83. The molecule has 1 heterocycles. The van der Waals surface area contributed by atoms with Crippen LogP contribution >= 0.6 is 0 Å². The Bertz CT molecular complexity index is 264. The molecule has 1 saturated carbocycles. The summed E-state index contributed by atoms with van der Waals surface area (Å²) in [5.74, 6) is 0.714. The van der Waals surface area contributed by atoms with E-state index in [2.05, 4.69) is 12.2 Å². The Kier molecular flexibility index (Phi) is 4.40. The number of nitrogens with two attached hydrogens (primary N) is 1. The minimum absolute atomic E-state index is 0.0559. The molecule has 0 spiro atoms. The number of ether oxygens (including phenoxy) is 1. The number of carbonyl (C=O) groups is 1. The maximum Gasteiger partial charge on any atom is 0.249 e. The van der Waals surface area contributed by atoms with Crippen LogP contribution in [-0.2, 0) is 9.53 Å². The van der Waals surface area contributed by atoms with E-state index in [1.54, 1.807) is 0 Å². The predicted molar refractivity (Wildman–Crippen MR) is 66.5 cm³/mol. The Hall–Kier alpha value is -0.610. The highest BCUT2D eigenvalue weighted by molar-refractivity contribution is 5.81. The topological polar surface area (TPSA) is 64.4 Å². The molecule has 1 aliphatic heterocycles. The molecular formula is C13H24N2O2. The summed E-state index contributed by atoms with van der Waals surface area (Å²) in [6.45, 7) is 2.63. The SMILES string of the molecule is C[C@@H](NC(=O)C1CCC(CN)O1)C1CCCC1. The van der Waals surface area contributed by atoms with Gasteiger partial charge < -0.3 is 15.8 Å². The van der Waals surface area contributed by atoms with Crippen molar-refractivity contribution in [3.63, 3.8) is 0 Å². The molecule has 2 fully saturated rings. The minimum Gasteiger partial charge on any atom is -0.364 e. The highest BCUT2D eigenvalue weighted by Gasteiger charge is 2.31. The van der Waals surface area contributed by atoms with Crippen LogP contribution in [0.15, 0.2) is 0 Å². The average molecular weight is 240 g/mol. The van der Waals surface area contributed by atoms with E-state index in [9.17, 15) is 4.79 Å². The minimum atomic E-state index is -0.271. The third-order valence-corrected chi connectivity index (χ3v) is 4.14. The van der Waals surface area contributed by atoms with Crippen LogP contribution in [0.5, 0.6) is 0 Å². The van der Waals surface area contributed by atoms with Crippen LogP contribution in [-0.4, -0.2) is 30.7 Å². The number of hydrogen-bond donors (Lipinski definition) is 2. The van der Waals surface area contributed by atoms with E-state index in [0.29, 0.717) is 12.5 Å². The molecule has 2 aliphatic rings. The zero-order valence-electron chi connectivity index (χ0n) is 10.7. The van der Waals surface area contributed by atoms with Crippen LogP contribution in [0.2, 0.25) is 0 Å². The fourth-order valence-electron chi connectivity index (χ4n) is 2.96. The maximum atomic E-state index is 12.0. The van der Waals surface area contributed by atoms with Crippen molar-refractivity contribution in [2.24, 2.45) is 11.7 Å². The lowest BCUT2D eigenvalue weighted by molar-refractivity contribution is -0.132. The second-order valence-electron chi connectivity index (χ2n) is 5.40. The van der Waals surface area contributed by atoms with Crippen LogP contribution in [0.1, 0.15) is 45.4 Å². The Morgan fingerprint density at radius 1 is 1.35 bits per heavy atom. The van der Waals surface area contributed by atoms with E-state index in [-0.39, 0.29) is 24.2 Å². The van der Waals surface area contributed by atoms with Crippen molar-refractivity contribution in [1.82, 2.24) is 5.32 Å². The van der Waals surface area contributed by atoms with Crippen molar-refractivity contribution in [2.75, 3.05) is 6.54 Å². The Morgan fingerprint density at radius 2 is 2.06 bits per heavy atom. The molecule has 1 saturated heterocycles. The fraction of sp³-hybridized carbons (Fsp3) is 0.923. The third-order valence-electron chi connectivity index (χ3n) is 4.14. The standard InChI is InChI=1S/C13H24N2O2/c1-9(10-4-2-3-5-10)15-13(16)12-7-6-11(8-14)17-12/h9-12H,2-8,14H2,1H3,(H,15,16)/t9-,11?,12?/m1/s1. The molecule has 2 rings (SSSR count). The summed E-state index contributed by atoms with van der Waals surface area (Å²) < 4.78 is 5.60. The van der Waals surface area contributed by atoms with E-state index < -0.39 is 0 Å². The van der Waals surface area contributed by atoms with Crippen LogP contribution in [0.3, 0.4) is 0 Å². The van der Waals surface area contributed by atoms with E-state index >= 15 is 0 Å². The van der Waals surface area contributed by atoms with Gasteiger partial charge in [0.2, 0.25) is 5.91 Å². The van der Waals surface area contributed by atoms with Crippen molar-refractivity contribution in [2.45, 2.75) is 63.7 Å². The third kappa shape index (κ3) is 3.19. The molecule has 98 valence electrons. The number of nitrogens with one attached hydrogen (secondary N) is 1. The summed E-state index contributed by atoms with van der Waals surface area (Å²) in [5, 5.41) is 3.10. The van der Waals surface area contributed by atoms with Gasteiger partial charge in [-0.15, -0.1) is 0 Å². The summed E-state index contributed by atoms with van der Waals surface area (Å²) in [6.07, 6.45) is 6.63. The average Bonchev–Trinajstić information content (AvgIpc) is 3.00. The van der Waals surface area contributed by atoms with Gasteiger partial charge in [-0.3, -0.25) is 4.79 Å². The van der Waals surface area contributed by atoms with E-state index in [1.165, 1.54) is 25.7 Å². The van der Waals surface area contributed by atoms with Crippen molar-refractivity contribution < 1.29 is 9.53 Å². The van der Waals surface area contributed by atoms with Crippen LogP contribution < -0.4 is 11.1 Å². The van der Waals surface area contributed by atoms with Gasteiger partial charge in [-0.1, -0.05) is 12.8 Å². The molecule has 4 heteroatoms. The van der Waals surface area contributed by atoms with E-state index in [0.717, 1.165) is 12.8 Å². The van der Waals surface area contributed by atoms with Gasteiger partial charge in [0.25, 0.3) is 0 Å². The lowest BCUT2D eigenvalue weighted by Crippen LogP contribution is -2.43. The molecule has 1 aliphatic carbocycles. The van der Waals surface area contributed by atoms with Gasteiger partial charge in [-0.05, 0) is 38.5 Å². The monoisotopic (exact) mass is 240 g/mol. The Morgan fingerprint density at radius 3 is 2.65 bits per heavy atom. The molecule has 0 radical (unpaired) electrons. The quantitative estimate of drug-likeness (QED) is 0.775. The first-order valence-electron chi connectivity index (χ1n) is 6.86. The molecule has 3 atom stereocenters. The number of hydrogen-bond acceptors (Lipinski definition) is 3. The first-order chi connectivity index (χ1) is 8.20. The summed E-state index contributed by atoms with van der Waals surface area (Å²) in [7, 11) is 0. The lowest BCUT2D eigenvalue weighted by atomic mass is 9.99. The molecule has 17 heavy (non-hydrogen) atoms. The zero-order valence-corrected chi connectivity index (χ0v) is 10.7. The Balaban J connectivity index is 1.76. The fourth-order valence-corrected chi connectivity index (χ4v) is 2.96. The Labute approximate surface area is 103 Å². The zero-order chi connectivity index (χ0) is 12.3. The lowest BCUT2D eigenvalue weighted by Gasteiger charge is -2.22. The highest BCUT2D eigenvalue weighted by atomic mass is 16.5. The summed E-state index contributed by atoms with van der Waals surface area (Å²) in [4.78, 5) is 12.0. The van der Waals surface area contributed by atoms with Crippen LogP contribution in [0, 0.1) is 5.92 Å². The van der Waals surface area contributed by atoms with E-state index in [4.69, 9.17) is 10.5 Å². The van der Waals surface area contributed by atoms with Gasteiger partial charge in [-0.25, -0.2) is 0 Å². The smallest absolute Gasteiger partial charge is 0.249 e. The summed E-state index contributed by atoms with van der Waals surface area (Å²) >= 11 is 0. The molecule has 1 amide bonds. The predicted octanol–water partition coefficient (Wildman–Crippen LogP) is 1.19. The second-order valence-corrected chi connectivity index (χ2v) is 5.40.